The van der Waals surface area contributed by atoms with E-state index in [0.29, 0.717) is 12.3 Å². The molecule has 0 N–H and O–H groups in total. The fourth-order valence-electron chi connectivity index (χ4n) is 3.84. The second-order valence-electron chi connectivity index (χ2n) is 7.11. The molecule has 1 aromatic carbocycles. The van der Waals surface area contributed by atoms with Crippen molar-refractivity contribution in [2.75, 3.05) is 0 Å². The Morgan fingerprint density at radius 1 is 1.16 bits per heavy atom. The molecular weight excluding hydrogens is 330 g/mol. The summed E-state index contributed by atoms with van der Waals surface area (Å²) in [6, 6.07) is 10.5. The molecule has 3 nitrogen and oxygen atoms in total. The van der Waals surface area contributed by atoms with E-state index in [1.54, 1.807) is 18.3 Å². The van der Waals surface area contributed by atoms with Crippen LogP contribution in [0.5, 0.6) is 0 Å². The van der Waals surface area contributed by atoms with E-state index in [4.69, 9.17) is 0 Å². The third-order valence-corrected chi connectivity index (χ3v) is 6.27. The molecule has 0 bridgehead atoms. The summed E-state index contributed by atoms with van der Waals surface area (Å²) in [7, 11) is 0. The average Bonchev–Trinajstić information content (AvgIpc) is 3.05. The number of ketones is 2. The zero-order chi connectivity index (χ0) is 17.8. The minimum Gasteiger partial charge on any atom is -0.299 e. The third kappa shape index (κ3) is 4.43. The number of hydrogen-bond acceptors (Lipinski definition) is 4. The lowest BCUT2D eigenvalue weighted by molar-refractivity contribution is -0.134. The van der Waals surface area contributed by atoms with Gasteiger partial charge >= 0.3 is 0 Å². The molecule has 1 aliphatic carbocycles. The summed E-state index contributed by atoms with van der Waals surface area (Å²) in [5.41, 5.74) is 2.33. The van der Waals surface area contributed by atoms with Gasteiger partial charge in [0.15, 0.2) is 0 Å². The standard InChI is InChI=1S/C21H25NO2S/c1-14-13-25-20(22-14)12-19(15(2)23)21(24)18-10-8-17(9-11-18)16-6-4-3-5-7-16/h3-7,13,17-19H,8-12H2,1-2H3/t17-,18-,19?. The Hall–Kier alpha value is -1.81. The van der Waals surface area contributed by atoms with Crippen LogP contribution in [0.4, 0.5) is 0 Å². The lowest BCUT2D eigenvalue weighted by Gasteiger charge is -2.29. The summed E-state index contributed by atoms with van der Waals surface area (Å²) in [6.45, 7) is 3.48. The molecule has 0 spiro atoms. The first-order valence-electron chi connectivity index (χ1n) is 9.04. The minimum atomic E-state index is -0.524. The van der Waals surface area contributed by atoms with E-state index in [9.17, 15) is 9.59 Å². The van der Waals surface area contributed by atoms with Crippen molar-refractivity contribution >= 4 is 22.9 Å². The molecule has 2 aromatic rings. The SMILES string of the molecule is CC(=O)C(Cc1nc(C)cs1)C(=O)[C@H]1CC[C@H](c2ccccc2)CC1. The fourth-order valence-corrected chi connectivity index (χ4v) is 4.66. The van der Waals surface area contributed by atoms with Crippen molar-refractivity contribution in [1.29, 1.82) is 0 Å². The monoisotopic (exact) mass is 355 g/mol. The van der Waals surface area contributed by atoms with Crippen LogP contribution in [0.1, 0.15) is 54.8 Å². The van der Waals surface area contributed by atoms with E-state index >= 15 is 0 Å². The number of carbonyl (C=O) groups is 2. The third-order valence-electron chi connectivity index (χ3n) is 5.28. The number of rotatable bonds is 6. The van der Waals surface area contributed by atoms with E-state index in [1.165, 1.54) is 5.56 Å². The lowest BCUT2D eigenvalue weighted by atomic mass is 9.74. The Labute approximate surface area is 153 Å². The van der Waals surface area contributed by atoms with Gasteiger partial charge in [-0.3, -0.25) is 9.59 Å². The number of hydrogen-bond donors (Lipinski definition) is 0. The van der Waals surface area contributed by atoms with Crippen molar-refractivity contribution < 1.29 is 9.59 Å². The van der Waals surface area contributed by atoms with Gasteiger partial charge in [0.25, 0.3) is 0 Å². The number of benzene rings is 1. The molecule has 1 heterocycles. The van der Waals surface area contributed by atoms with Crippen LogP contribution in [0.25, 0.3) is 0 Å². The molecule has 1 aliphatic rings. The number of carbonyl (C=O) groups excluding carboxylic acids is 2. The Morgan fingerprint density at radius 2 is 1.84 bits per heavy atom. The first kappa shape index (κ1) is 18.0. The summed E-state index contributed by atoms with van der Waals surface area (Å²) in [5.74, 6) is 0.149. The van der Waals surface area contributed by atoms with Gasteiger partial charge in [-0.25, -0.2) is 4.98 Å². The first-order valence-corrected chi connectivity index (χ1v) is 9.92. The van der Waals surface area contributed by atoms with Crippen molar-refractivity contribution in [3.05, 3.63) is 52.0 Å². The molecular formula is C21H25NO2S. The predicted molar refractivity (Wildman–Crippen MR) is 101 cm³/mol. The second-order valence-corrected chi connectivity index (χ2v) is 8.05. The van der Waals surface area contributed by atoms with Crippen LogP contribution in [0.3, 0.4) is 0 Å². The number of thiazole rings is 1. The van der Waals surface area contributed by atoms with Crippen LogP contribution in [-0.4, -0.2) is 16.6 Å². The summed E-state index contributed by atoms with van der Waals surface area (Å²) in [6.07, 6.45) is 4.30. The van der Waals surface area contributed by atoms with Crippen molar-refractivity contribution in [3.8, 4) is 0 Å². The highest BCUT2D eigenvalue weighted by Crippen LogP contribution is 2.37. The summed E-state index contributed by atoms with van der Waals surface area (Å²) < 4.78 is 0. The van der Waals surface area contributed by atoms with Gasteiger partial charge in [0.1, 0.15) is 11.6 Å². The molecule has 1 fully saturated rings. The Balaban J connectivity index is 1.62. The quantitative estimate of drug-likeness (QED) is 0.703. The van der Waals surface area contributed by atoms with Crippen LogP contribution in [-0.2, 0) is 16.0 Å². The van der Waals surface area contributed by atoms with E-state index in [0.717, 1.165) is 36.4 Å². The highest BCUT2D eigenvalue weighted by molar-refractivity contribution is 7.09. The van der Waals surface area contributed by atoms with E-state index in [-0.39, 0.29) is 17.5 Å². The minimum absolute atomic E-state index is 0.0231. The molecule has 0 saturated heterocycles. The average molecular weight is 356 g/mol. The molecule has 3 rings (SSSR count). The van der Waals surface area contributed by atoms with Crippen molar-refractivity contribution in [2.45, 2.75) is 51.9 Å². The molecule has 1 atom stereocenters. The van der Waals surface area contributed by atoms with Gasteiger partial charge in [-0.15, -0.1) is 11.3 Å². The number of aryl methyl sites for hydroxylation is 1. The molecule has 4 heteroatoms. The molecule has 1 saturated carbocycles. The largest absolute Gasteiger partial charge is 0.299 e. The molecule has 1 unspecified atom stereocenters. The molecule has 25 heavy (non-hydrogen) atoms. The van der Waals surface area contributed by atoms with Crippen molar-refractivity contribution in [1.82, 2.24) is 4.98 Å². The predicted octanol–water partition coefficient (Wildman–Crippen LogP) is 4.74. The summed E-state index contributed by atoms with van der Waals surface area (Å²) in [4.78, 5) is 29.5. The van der Waals surface area contributed by atoms with Gasteiger partial charge < -0.3 is 0 Å². The van der Waals surface area contributed by atoms with Gasteiger partial charge in [0.2, 0.25) is 0 Å². The maximum absolute atomic E-state index is 13.0. The maximum Gasteiger partial charge on any atom is 0.146 e. The summed E-state index contributed by atoms with van der Waals surface area (Å²) in [5, 5.41) is 2.87. The first-order chi connectivity index (χ1) is 12.0. The Bertz CT molecular complexity index is 729. The molecule has 0 radical (unpaired) electrons. The highest BCUT2D eigenvalue weighted by atomic mass is 32.1. The van der Waals surface area contributed by atoms with Crippen LogP contribution < -0.4 is 0 Å². The van der Waals surface area contributed by atoms with Crippen LogP contribution in [0.15, 0.2) is 35.7 Å². The van der Waals surface area contributed by atoms with Crippen LogP contribution in [0, 0.1) is 18.8 Å². The van der Waals surface area contributed by atoms with E-state index in [2.05, 4.69) is 29.2 Å². The number of Topliss-reactive ketones (excluding diaryl/α,β-unsaturated/α-hetero) is 2. The molecule has 0 aliphatic heterocycles. The maximum atomic E-state index is 13.0. The van der Waals surface area contributed by atoms with Gasteiger partial charge in [-0.1, -0.05) is 30.3 Å². The Morgan fingerprint density at radius 3 is 2.40 bits per heavy atom. The topological polar surface area (TPSA) is 47.0 Å². The molecule has 0 amide bonds. The van der Waals surface area contributed by atoms with Gasteiger partial charge in [0.05, 0.1) is 10.9 Å². The fraction of sp³-hybridized carbons (Fsp3) is 0.476. The zero-order valence-electron chi connectivity index (χ0n) is 14.9. The van der Waals surface area contributed by atoms with E-state index < -0.39 is 5.92 Å². The van der Waals surface area contributed by atoms with Gasteiger partial charge in [-0.05, 0) is 51.0 Å². The molecule has 1 aromatic heterocycles. The Kier molecular flexibility index (Phi) is 5.79. The number of aromatic nitrogens is 1. The normalized spacial score (nSPS) is 21.7. The lowest BCUT2D eigenvalue weighted by Crippen LogP contribution is -2.32. The number of nitrogens with zero attached hydrogens (tertiary/aromatic N) is 1. The molecule has 132 valence electrons. The highest BCUT2D eigenvalue weighted by Gasteiger charge is 2.34. The van der Waals surface area contributed by atoms with Crippen LogP contribution in [0.2, 0.25) is 0 Å². The second kappa shape index (κ2) is 8.05. The van der Waals surface area contributed by atoms with Crippen molar-refractivity contribution in [2.24, 2.45) is 11.8 Å². The zero-order valence-corrected chi connectivity index (χ0v) is 15.7. The van der Waals surface area contributed by atoms with Crippen LogP contribution >= 0.6 is 11.3 Å². The smallest absolute Gasteiger partial charge is 0.146 e. The van der Waals surface area contributed by atoms with Gasteiger partial charge in [-0.2, -0.15) is 0 Å². The summed E-state index contributed by atoms with van der Waals surface area (Å²) >= 11 is 1.54. The van der Waals surface area contributed by atoms with Crippen molar-refractivity contribution in [3.63, 3.8) is 0 Å². The van der Waals surface area contributed by atoms with Gasteiger partial charge in [0, 0.05) is 23.4 Å². The van der Waals surface area contributed by atoms with E-state index in [1.807, 2.05) is 18.4 Å².